The first-order valence-electron chi connectivity index (χ1n) is 7.01. The van der Waals surface area contributed by atoms with Gasteiger partial charge >= 0.3 is 6.03 Å². The standard InChI is InChI=1S/C17H21N3O/c1-12-6-4-5-7-16(12)13(2)19-14-8-10-15(11-9-14)20-17(21)18-3/h4-11,13,19H,1-3H3,(H2,18,20,21). The summed E-state index contributed by atoms with van der Waals surface area (Å²) in [6, 6.07) is 16.0. The first kappa shape index (κ1) is 14.9. The van der Waals surface area contributed by atoms with Gasteiger partial charge in [-0.05, 0) is 49.2 Å². The summed E-state index contributed by atoms with van der Waals surface area (Å²) in [6.45, 7) is 4.25. The lowest BCUT2D eigenvalue weighted by Crippen LogP contribution is -2.24. The Morgan fingerprint density at radius 3 is 2.24 bits per heavy atom. The third-order valence-corrected chi connectivity index (χ3v) is 3.41. The Labute approximate surface area is 125 Å². The highest BCUT2D eigenvalue weighted by molar-refractivity contribution is 5.89. The van der Waals surface area contributed by atoms with E-state index in [1.54, 1.807) is 7.05 Å². The highest BCUT2D eigenvalue weighted by Crippen LogP contribution is 2.22. The highest BCUT2D eigenvalue weighted by atomic mass is 16.2. The quantitative estimate of drug-likeness (QED) is 0.796. The van der Waals surface area contributed by atoms with Crippen LogP contribution in [0.1, 0.15) is 24.1 Å². The number of hydrogen-bond donors (Lipinski definition) is 3. The molecule has 2 aromatic rings. The fourth-order valence-electron chi connectivity index (χ4n) is 2.24. The minimum Gasteiger partial charge on any atom is -0.379 e. The molecule has 0 fully saturated rings. The normalized spacial score (nSPS) is 11.6. The minimum atomic E-state index is -0.219. The van der Waals surface area contributed by atoms with Crippen LogP contribution in [0.15, 0.2) is 48.5 Å². The van der Waals surface area contributed by atoms with Gasteiger partial charge in [0.1, 0.15) is 0 Å². The van der Waals surface area contributed by atoms with Crippen molar-refractivity contribution in [2.24, 2.45) is 0 Å². The molecule has 4 nitrogen and oxygen atoms in total. The Morgan fingerprint density at radius 1 is 1.00 bits per heavy atom. The van der Waals surface area contributed by atoms with E-state index in [1.807, 2.05) is 30.3 Å². The highest BCUT2D eigenvalue weighted by Gasteiger charge is 2.07. The molecule has 0 aliphatic carbocycles. The molecule has 0 bridgehead atoms. The van der Waals surface area contributed by atoms with Crippen molar-refractivity contribution in [3.05, 3.63) is 59.7 Å². The molecule has 110 valence electrons. The summed E-state index contributed by atoms with van der Waals surface area (Å²) in [7, 11) is 1.59. The number of carbonyl (C=O) groups excluding carboxylic acids is 1. The second-order valence-corrected chi connectivity index (χ2v) is 5.00. The van der Waals surface area contributed by atoms with E-state index < -0.39 is 0 Å². The maximum Gasteiger partial charge on any atom is 0.318 e. The van der Waals surface area contributed by atoms with Gasteiger partial charge in [-0.3, -0.25) is 0 Å². The van der Waals surface area contributed by atoms with Crippen LogP contribution >= 0.6 is 0 Å². The van der Waals surface area contributed by atoms with Crippen molar-refractivity contribution >= 4 is 17.4 Å². The predicted octanol–water partition coefficient (Wildman–Crippen LogP) is 3.92. The minimum absolute atomic E-state index is 0.219. The van der Waals surface area contributed by atoms with Crippen LogP contribution in [0.4, 0.5) is 16.2 Å². The largest absolute Gasteiger partial charge is 0.379 e. The van der Waals surface area contributed by atoms with Crippen molar-refractivity contribution in [1.29, 1.82) is 0 Å². The predicted molar refractivity (Wildman–Crippen MR) is 87.7 cm³/mol. The summed E-state index contributed by atoms with van der Waals surface area (Å²) in [4.78, 5) is 11.2. The summed E-state index contributed by atoms with van der Waals surface area (Å²) in [5.41, 5.74) is 4.34. The number of benzene rings is 2. The first-order valence-corrected chi connectivity index (χ1v) is 7.01. The molecule has 21 heavy (non-hydrogen) atoms. The maximum atomic E-state index is 11.2. The van der Waals surface area contributed by atoms with Gasteiger partial charge in [0.05, 0.1) is 0 Å². The first-order chi connectivity index (χ1) is 10.1. The number of rotatable bonds is 4. The second-order valence-electron chi connectivity index (χ2n) is 5.00. The van der Waals surface area contributed by atoms with Crippen LogP contribution in [-0.2, 0) is 0 Å². The molecule has 4 heteroatoms. The summed E-state index contributed by atoms with van der Waals surface area (Å²) >= 11 is 0. The van der Waals surface area contributed by atoms with Crippen molar-refractivity contribution in [3.63, 3.8) is 0 Å². The average Bonchev–Trinajstić information content (AvgIpc) is 2.49. The van der Waals surface area contributed by atoms with Gasteiger partial charge in [0.2, 0.25) is 0 Å². The SMILES string of the molecule is CNC(=O)Nc1ccc(NC(C)c2ccccc2C)cc1. The molecular formula is C17H21N3O. The van der Waals surface area contributed by atoms with Gasteiger partial charge in [0.15, 0.2) is 0 Å². The Morgan fingerprint density at radius 2 is 1.62 bits per heavy atom. The summed E-state index contributed by atoms with van der Waals surface area (Å²) in [5.74, 6) is 0. The van der Waals surface area contributed by atoms with E-state index in [0.29, 0.717) is 0 Å². The molecule has 2 rings (SSSR count). The number of carbonyl (C=O) groups is 1. The van der Waals surface area contributed by atoms with E-state index in [-0.39, 0.29) is 12.1 Å². The van der Waals surface area contributed by atoms with E-state index in [9.17, 15) is 4.79 Å². The van der Waals surface area contributed by atoms with Crippen LogP contribution in [0, 0.1) is 6.92 Å². The van der Waals surface area contributed by atoms with Gasteiger partial charge in [-0.1, -0.05) is 24.3 Å². The summed E-state index contributed by atoms with van der Waals surface area (Å²) < 4.78 is 0. The molecular weight excluding hydrogens is 262 g/mol. The van der Waals surface area contributed by atoms with Crippen LogP contribution in [0.3, 0.4) is 0 Å². The van der Waals surface area contributed by atoms with Crippen molar-refractivity contribution in [1.82, 2.24) is 5.32 Å². The molecule has 1 unspecified atom stereocenters. The summed E-state index contributed by atoms with van der Waals surface area (Å²) in [5, 5.41) is 8.72. The number of amides is 2. The van der Waals surface area contributed by atoms with Crippen LogP contribution < -0.4 is 16.0 Å². The summed E-state index contributed by atoms with van der Waals surface area (Å²) in [6.07, 6.45) is 0. The Bertz CT molecular complexity index is 608. The molecule has 1 atom stereocenters. The van der Waals surface area contributed by atoms with E-state index in [0.717, 1.165) is 11.4 Å². The number of aryl methyl sites for hydroxylation is 1. The molecule has 0 saturated heterocycles. The number of hydrogen-bond acceptors (Lipinski definition) is 2. The third kappa shape index (κ3) is 3.99. The molecule has 0 radical (unpaired) electrons. The second kappa shape index (κ2) is 6.79. The average molecular weight is 283 g/mol. The fourth-order valence-corrected chi connectivity index (χ4v) is 2.24. The maximum absolute atomic E-state index is 11.2. The van der Waals surface area contributed by atoms with Crippen molar-refractivity contribution in [3.8, 4) is 0 Å². The van der Waals surface area contributed by atoms with Crippen molar-refractivity contribution in [2.75, 3.05) is 17.7 Å². The lowest BCUT2D eigenvalue weighted by atomic mass is 10.0. The molecule has 2 amide bonds. The van der Waals surface area contributed by atoms with E-state index in [4.69, 9.17) is 0 Å². The van der Waals surface area contributed by atoms with E-state index in [2.05, 4.69) is 48.0 Å². The molecule has 0 aliphatic heterocycles. The Hall–Kier alpha value is -2.49. The molecule has 3 N–H and O–H groups in total. The smallest absolute Gasteiger partial charge is 0.318 e. The molecule has 0 spiro atoms. The third-order valence-electron chi connectivity index (χ3n) is 3.41. The van der Waals surface area contributed by atoms with Crippen LogP contribution in [0.25, 0.3) is 0 Å². The lowest BCUT2D eigenvalue weighted by molar-refractivity contribution is 0.254. The Kier molecular flexibility index (Phi) is 4.82. The van der Waals surface area contributed by atoms with Gasteiger partial charge in [0, 0.05) is 24.5 Å². The molecule has 0 aliphatic rings. The van der Waals surface area contributed by atoms with Gasteiger partial charge in [-0.15, -0.1) is 0 Å². The zero-order valence-electron chi connectivity index (χ0n) is 12.6. The van der Waals surface area contributed by atoms with Gasteiger partial charge in [0.25, 0.3) is 0 Å². The zero-order chi connectivity index (χ0) is 15.2. The van der Waals surface area contributed by atoms with Crippen molar-refractivity contribution < 1.29 is 4.79 Å². The van der Waals surface area contributed by atoms with Gasteiger partial charge in [-0.25, -0.2) is 4.79 Å². The lowest BCUT2D eigenvalue weighted by Gasteiger charge is -2.18. The monoisotopic (exact) mass is 283 g/mol. The van der Waals surface area contributed by atoms with Crippen molar-refractivity contribution in [2.45, 2.75) is 19.9 Å². The molecule has 0 aromatic heterocycles. The van der Waals surface area contributed by atoms with Crippen LogP contribution in [0.5, 0.6) is 0 Å². The number of anilines is 2. The fraction of sp³-hybridized carbons (Fsp3) is 0.235. The van der Waals surface area contributed by atoms with Gasteiger partial charge < -0.3 is 16.0 Å². The van der Waals surface area contributed by atoms with Gasteiger partial charge in [-0.2, -0.15) is 0 Å². The number of nitrogens with one attached hydrogen (secondary N) is 3. The van der Waals surface area contributed by atoms with Crippen LogP contribution in [-0.4, -0.2) is 13.1 Å². The van der Waals surface area contributed by atoms with E-state index >= 15 is 0 Å². The molecule has 0 heterocycles. The Balaban J connectivity index is 2.03. The topological polar surface area (TPSA) is 53.2 Å². The zero-order valence-corrected chi connectivity index (χ0v) is 12.6. The molecule has 2 aromatic carbocycles. The van der Waals surface area contributed by atoms with Crippen LogP contribution in [0.2, 0.25) is 0 Å². The van der Waals surface area contributed by atoms with E-state index in [1.165, 1.54) is 11.1 Å². The molecule has 0 saturated carbocycles. The number of urea groups is 1.